The number of hydrogen-bond donors (Lipinski definition) is 0. The van der Waals surface area contributed by atoms with Crippen LogP contribution in [0, 0.1) is 12.8 Å². The van der Waals surface area contributed by atoms with Crippen LogP contribution in [0.15, 0.2) is 24.3 Å². The lowest BCUT2D eigenvalue weighted by molar-refractivity contribution is 0.0696. The molecule has 0 radical (unpaired) electrons. The van der Waals surface area contributed by atoms with Crippen LogP contribution in [0.2, 0.25) is 0 Å². The van der Waals surface area contributed by atoms with Crippen molar-refractivity contribution < 1.29 is 9.53 Å². The third-order valence-electron chi connectivity index (χ3n) is 4.52. The first kappa shape index (κ1) is 14.8. The van der Waals surface area contributed by atoms with Gasteiger partial charge in [-0.2, -0.15) is 0 Å². The second-order valence-corrected chi connectivity index (χ2v) is 6.15. The molecule has 0 N–H and O–H groups in total. The fourth-order valence-corrected chi connectivity index (χ4v) is 2.97. The summed E-state index contributed by atoms with van der Waals surface area (Å²) in [6.45, 7) is 5.84. The van der Waals surface area contributed by atoms with Gasteiger partial charge in [0.25, 0.3) is 5.91 Å². The van der Waals surface area contributed by atoms with E-state index in [0.717, 1.165) is 48.3 Å². The van der Waals surface area contributed by atoms with Crippen LogP contribution in [0.4, 0.5) is 0 Å². The predicted octanol–water partition coefficient (Wildman–Crippen LogP) is 3.42. The van der Waals surface area contributed by atoms with E-state index in [2.05, 4.69) is 11.9 Å². The zero-order valence-electron chi connectivity index (χ0n) is 13.4. The highest BCUT2D eigenvalue weighted by Gasteiger charge is 2.23. The van der Waals surface area contributed by atoms with Crippen molar-refractivity contribution in [1.82, 2.24) is 9.88 Å². The molecule has 116 valence electrons. The summed E-state index contributed by atoms with van der Waals surface area (Å²) < 4.78 is 5.23. The van der Waals surface area contributed by atoms with Crippen LogP contribution in [-0.2, 0) is 0 Å². The molecule has 0 spiro atoms. The standard InChI is InChI=1S/C18H22N2O2/c1-12-6-8-20(9-7-12)18(21)16-10-14-4-5-15(22-3)11-17(14)19-13(16)2/h4-5,10-12H,6-9H2,1-3H3. The van der Waals surface area contributed by atoms with Gasteiger partial charge in [-0.1, -0.05) is 6.92 Å². The van der Waals surface area contributed by atoms with Crippen LogP contribution < -0.4 is 4.74 Å². The number of benzene rings is 1. The smallest absolute Gasteiger partial charge is 0.255 e. The molecule has 0 unspecified atom stereocenters. The van der Waals surface area contributed by atoms with E-state index in [4.69, 9.17) is 4.74 Å². The summed E-state index contributed by atoms with van der Waals surface area (Å²) in [5.74, 6) is 1.60. The van der Waals surface area contributed by atoms with Gasteiger partial charge in [-0.3, -0.25) is 9.78 Å². The Morgan fingerprint density at radius 3 is 2.68 bits per heavy atom. The summed E-state index contributed by atoms with van der Waals surface area (Å²) in [7, 11) is 1.64. The van der Waals surface area contributed by atoms with Crippen LogP contribution in [-0.4, -0.2) is 36.0 Å². The molecule has 2 aromatic rings. The third kappa shape index (κ3) is 2.78. The number of ether oxygens (including phenoxy) is 1. The molecular weight excluding hydrogens is 276 g/mol. The number of piperidine rings is 1. The number of pyridine rings is 1. The van der Waals surface area contributed by atoms with Gasteiger partial charge in [0.15, 0.2) is 0 Å². The first-order valence-corrected chi connectivity index (χ1v) is 7.83. The minimum Gasteiger partial charge on any atom is -0.497 e. The number of methoxy groups -OCH3 is 1. The first-order chi connectivity index (χ1) is 10.6. The average molecular weight is 298 g/mol. The van der Waals surface area contributed by atoms with Crippen LogP contribution in [0.3, 0.4) is 0 Å². The highest BCUT2D eigenvalue weighted by molar-refractivity contribution is 5.98. The van der Waals surface area contributed by atoms with Crippen LogP contribution in [0.1, 0.15) is 35.8 Å². The van der Waals surface area contributed by atoms with E-state index in [1.54, 1.807) is 7.11 Å². The summed E-state index contributed by atoms with van der Waals surface area (Å²) in [6.07, 6.45) is 2.17. The lowest BCUT2D eigenvalue weighted by Crippen LogP contribution is -2.38. The van der Waals surface area contributed by atoms with Crippen molar-refractivity contribution in [1.29, 1.82) is 0 Å². The van der Waals surface area contributed by atoms with Crippen LogP contribution in [0.25, 0.3) is 10.9 Å². The molecule has 4 heteroatoms. The second kappa shape index (κ2) is 5.95. The molecule has 0 bridgehead atoms. The minimum atomic E-state index is 0.106. The van der Waals surface area contributed by atoms with E-state index in [9.17, 15) is 4.79 Å². The van der Waals surface area contributed by atoms with E-state index in [0.29, 0.717) is 11.5 Å². The number of fused-ring (bicyclic) bond motifs is 1. The lowest BCUT2D eigenvalue weighted by atomic mass is 9.98. The Kier molecular flexibility index (Phi) is 4.01. The number of carbonyl (C=O) groups is 1. The quantitative estimate of drug-likeness (QED) is 0.853. The number of likely N-dealkylation sites (tertiary alicyclic amines) is 1. The highest BCUT2D eigenvalue weighted by Crippen LogP contribution is 2.24. The lowest BCUT2D eigenvalue weighted by Gasteiger charge is -2.30. The summed E-state index contributed by atoms with van der Waals surface area (Å²) in [5.41, 5.74) is 2.36. The van der Waals surface area contributed by atoms with Gasteiger partial charge in [-0.25, -0.2) is 0 Å². The second-order valence-electron chi connectivity index (χ2n) is 6.15. The van der Waals surface area contributed by atoms with Crippen LogP contribution in [0.5, 0.6) is 5.75 Å². The summed E-state index contributed by atoms with van der Waals surface area (Å²) >= 11 is 0. The molecule has 1 aromatic carbocycles. The molecule has 0 saturated carbocycles. The van der Waals surface area contributed by atoms with Gasteiger partial charge >= 0.3 is 0 Å². The Bertz CT molecular complexity index is 704. The topological polar surface area (TPSA) is 42.4 Å². The van der Waals surface area contributed by atoms with E-state index in [1.165, 1.54) is 0 Å². The van der Waals surface area contributed by atoms with E-state index in [1.807, 2.05) is 36.1 Å². The fourth-order valence-electron chi connectivity index (χ4n) is 2.97. The molecule has 1 aliphatic rings. The molecule has 0 atom stereocenters. The van der Waals surface area contributed by atoms with Crippen molar-refractivity contribution in [2.75, 3.05) is 20.2 Å². The van der Waals surface area contributed by atoms with Crippen molar-refractivity contribution in [3.05, 3.63) is 35.5 Å². The summed E-state index contributed by atoms with van der Waals surface area (Å²) in [5, 5.41) is 0.972. The third-order valence-corrected chi connectivity index (χ3v) is 4.52. The molecule has 1 saturated heterocycles. The number of amides is 1. The Balaban J connectivity index is 1.93. The maximum absolute atomic E-state index is 12.8. The first-order valence-electron chi connectivity index (χ1n) is 7.83. The number of rotatable bonds is 2. The summed E-state index contributed by atoms with van der Waals surface area (Å²) in [6, 6.07) is 7.71. The largest absolute Gasteiger partial charge is 0.497 e. The molecule has 1 amide bonds. The number of carbonyl (C=O) groups excluding carboxylic acids is 1. The van der Waals surface area contributed by atoms with Crippen molar-refractivity contribution in [2.45, 2.75) is 26.7 Å². The fraction of sp³-hybridized carbons (Fsp3) is 0.444. The normalized spacial score (nSPS) is 16.0. The maximum Gasteiger partial charge on any atom is 0.255 e. The van der Waals surface area contributed by atoms with Gasteiger partial charge in [0.1, 0.15) is 5.75 Å². The predicted molar refractivity (Wildman–Crippen MR) is 87.3 cm³/mol. The number of aryl methyl sites for hydroxylation is 1. The number of nitrogens with zero attached hydrogens (tertiary/aromatic N) is 2. The Morgan fingerprint density at radius 1 is 1.27 bits per heavy atom. The molecule has 0 aliphatic carbocycles. The van der Waals surface area contributed by atoms with Crippen molar-refractivity contribution >= 4 is 16.8 Å². The summed E-state index contributed by atoms with van der Waals surface area (Å²) in [4.78, 5) is 19.3. The van der Waals surface area contributed by atoms with E-state index >= 15 is 0 Å². The van der Waals surface area contributed by atoms with Crippen molar-refractivity contribution in [2.24, 2.45) is 5.92 Å². The number of aromatic nitrogens is 1. The van der Waals surface area contributed by atoms with Gasteiger partial charge in [0.2, 0.25) is 0 Å². The minimum absolute atomic E-state index is 0.106. The molecule has 4 nitrogen and oxygen atoms in total. The molecule has 1 fully saturated rings. The van der Waals surface area contributed by atoms with E-state index < -0.39 is 0 Å². The SMILES string of the molecule is COc1ccc2cc(C(=O)N3CCC(C)CC3)c(C)nc2c1. The Hall–Kier alpha value is -2.10. The van der Waals surface area contributed by atoms with Gasteiger partial charge < -0.3 is 9.64 Å². The average Bonchev–Trinajstić information content (AvgIpc) is 2.53. The monoisotopic (exact) mass is 298 g/mol. The Labute approximate surface area is 131 Å². The number of hydrogen-bond acceptors (Lipinski definition) is 3. The molecular formula is C18H22N2O2. The molecule has 2 heterocycles. The van der Waals surface area contributed by atoms with Gasteiger partial charge in [-0.15, -0.1) is 0 Å². The zero-order chi connectivity index (χ0) is 15.7. The molecule has 1 aliphatic heterocycles. The van der Waals surface area contributed by atoms with Crippen molar-refractivity contribution in [3.8, 4) is 5.75 Å². The van der Waals surface area contributed by atoms with Crippen LogP contribution >= 0.6 is 0 Å². The van der Waals surface area contributed by atoms with Gasteiger partial charge in [0, 0.05) is 24.5 Å². The zero-order valence-corrected chi connectivity index (χ0v) is 13.4. The van der Waals surface area contributed by atoms with Crippen molar-refractivity contribution in [3.63, 3.8) is 0 Å². The van der Waals surface area contributed by atoms with E-state index in [-0.39, 0.29) is 5.91 Å². The van der Waals surface area contributed by atoms with Gasteiger partial charge in [0.05, 0.1) is 23.9 Å². The highest BCUT2D eigenvalue weighted by atomic mass is 16.5. The van der Waals surface area contributed by atoms with Gasteiger partial charge in [-0.05, 0) is 43.9 Å². The maximum atomic E-state index is 12.8. The molecule has 22 heavy (non-hydrogen) atoms. The molecule has 1 aromatic heterocycles. The Morgan fingerprint density at radius 2 is 2.00 bits per heavy atom. The molecule has 3 rings (SSSR count).